The lowest BCUT2D eigenvalue weighted by Gasteiger charge is -2.17. The van der Waals surface area contributed by atoms with E-state index in [1.54, 1.807) is 12.0 Å². The van der Waals surface area contributed by atoms with Gasteiger partial charge in [-0.1, -0.05) is 48.2 Å². The lowest BCUT2D eigenvalue weighted by molar-refractivity contribution is -0.121. The molecule has 1 N–H and O–H groups in total. The monoisotopic (exact) mass is 384 g/mol. The average Bonchev–Trinajstić information content (AvgIpc) is 2.90. The summed E-state index contributed by atoms with van der Waals surface area (Å²) >= 11 is 6.72. The van der Waals surface area contributed by atoms with Gasteiger partial charge in [-0.05, 0) is 54.8 Å². The number of rotatable bonds is 5. The van der Waals surface area contributed by atoms with E-state index in [0.717, 1.165) is 22.6 Å². The van der Waals surface area contributed by atoms with Crippen LogP contribution in [0.15, 0.2) is 47.4 Å². The highest BCUT2D eigenvalue weighted by atomic mass is 32.2. The molecule has 0 bridgehead atoms. The topological polar surface area (TPSA) is 41.6 Å². The van der Waals surface area contributed by atoms with Crippen LogP contribution < -0.4 is 10.1 Å². The molecular weight excluding hydrogens is 364 g/mol. The summed E-state index contributed by atoms with van der Waals surface area (Å²) in [6.45, 7) is 4.44. The number of carbonyl (C=O) groups excluding carboxylic acids is 1. The molecule has 2 aromatic rings. The van der Waals surface area contributed by atoms with Gasteiger partial charge in [0.25, 0.3) is 5.91 Å². The SMILES string of the molecule is COc1ccc(/C=C2/SC(=S)N(CNc3cc(C)ccc3C)C2=O)cc1. The van der Waals surface area contributed by atoms with E-state index in [0.29, 0.717) is 15.9 Å². The number of benzene rings is 2. The molecule has 0 atom stereocenters. The van der Waals surface area contributed by atoms with Crippen LogP contribution in [0, 0.1) is 13.8 Å². The van der Waals surface area contributed by atoms with Crippen molar-refractivity contribution in [1.82, 2.24) is 4.90 Å². The number of nitrogens with zero attached hydrogens (tertiary/aromatic N) is 1. The summed E-state index contributed by atoms with van der Waals surface area (Å²) in [5.41, 5.74) is 4.25. The van der Waals surface area contributed by atoms with Crippen LogP contribution in [0.25, 0.3) is 6.08 Å². The third-order valence-corrected chi connectivity index (χ3v) is 5.49. The maximum absolute atomic E-state index is 12.7. The highest BCUT2D eigenvalue weighted by Gasteiger charge is 2.31. The van der Waals surface area contributed by atoms with E-state index < -0.39 is 0 Å². The predicted molar refractivity (Wildman–Crippen MR) is 112 cm³/mol. The fourth-order valence-electron chi connectivity index (χ4n) is 2.58. The number of hydrogen-bond acceptors (Lipinski definition) is 5. The van der Waals surface area contributed by atoms with Crippen molar-refractivity contribution in [3.8, 4) is 5.75 Å². The summed E-state index contributed by atoms with van der Waals surface area (Å²) < 4.78 is 5.72. The number of thioether (sulfide) groups is 1. The number of nitrogens with one attached hydrogen (secondary N) is 1. The van der Waals surface area contributed by atoms with Crippen molar-refractivity contribution in [2.45, 2.75) is 13.8 Å². The molecule has 134 valence electrons. The number of carbonyl (C=O) groups is 1. The van der Waals surface area contributed by atoms with Gasteiger partial charge in [0.15, 0.2) is 0 Å². The van der Waals surface area contributed by atoms with Crippen LogP contribution in [0.2, 0.25) is 0 Å². The van der Waals surface area contributed by atoms with Crippen LogP contribution in [0.1, 0.15) is 16.7 Å². The first-order valence-corrected chi connectivity index (χ1v) is 9.41. The van der Waals surface area contributed by atoms with E-state index in [2.05, 4.69) is 23.5 Å². The van der Waals surface area contributed by atoms with Crippen molar-refractivity contribution >= 4 is 46.0 Å². The fraction of sp³-hybridized carbons (Fsp3) is 0.200. The Hall–Kier alpha value is -2.31. The van der Waals surface area contributed by atoms with Crippen molar-refractivity contribution in [2.75, 3.05) is 19.1 Å². The van der Waals surface area contributed by atoms with E-state index >= 15 is 0 Å². The van der Waals surface area contributed by atoms with Crippen LogP contribution in [-0.4, -0.2) is 28.9 Å². The van der Waals surface area contributed by atoms with Gasteiger partial charge in [-0.3, -0.25) is 9.69 Å². The minimum Gasteiger partial charge on any atom is -0.497 e. The third-order valence-electron chi connectivity index (χ3n) is 4.11. The zero-order valence-electron chi connectivity index (χ0n) is 14.9. The molecule has 2 aromatic carbocycles. The molecule has 0 saturated carbocycles. The summed E-state index contributed by atoms with van der Waals surface area (Å²) in [5, 5.41) is 3.32. The molecule has 1 heterocycles. The number of methoxy groups -OCH3 is 1. The highest BCUT2D eigenvalue weighted by Crippen LogP contribution is 2.32. The number of thiocarbonyl (C=S) groups is 1. The maximum atomic E-state index is 12.7. The second-order valence-electron chi connectivity index (χ2n) is 6.04. The van der Waals surface area contributed by atoms with Crippen LogP contribution in [-0.2, 0) is 4.79 Å². The Kier molecular flexibility index (Phi) is 5.64. The van der Waals surface area contributed by atoms with Gasteiger partial charge in [-0.15, -0.1) is 0 Å². The van der Waals surface area contributed by atoms with E-state index in [1.807, 2.05) is 44.2 Å². The number of aryl methyl sites for hydroxylation is 2. The smallest absolute Gasteiger partial charge is 0.267 e. The number of anilines is 1. The molecule has 0 aromatic heterocycles. The Morgan fingerprint density at radius 1 is 1.19 bits per heavy atom. The maximum Gasteiger partial charge on any atom is 0.267 e. The van der Waals surface area contributed by atoms with Gasteiger partial charge < -0.3 is 10.1 Å². The molecule has 4 nitrogen and oxygen atoms in total. The van der Waals surface area contributed by atoms with E-state index in [1.165, 1.54) is 17.3 Å². The van der Waals surface area contributed by atoms with Gasteiger partial charge >= 0.3 is 0 Å². The second-order valence-corrected chi connectivity index (χ2v) is 7.71. The molecule has 1 saturated heterocycles. The summed E-state index contributed by atoms with van der Waals surface area (Å²) in [6.07, 6.45) is 1.86. The Labute approximate surface area is 163 Å². The first-order valence-electron chi connectivity index (χ1n) is 8.18. The third kappa shape index (κ3) is 4.08. The minimum absolute atomic E-state index is 0.0753. The highest BCUT2D eigenvalue weighted by molar-refractivity contribution is 8.26. The standard InChI is InChI=1S/C20H20N2O2S2/c1-13-4-5-14(2)17(10-13)21-12-22-19(23)18(26-20(22)25)11-15-6-8-16(24-3)9-7-15/h4-11,21H,12H2,1-3H3/b18-11+. The van der Waals surface area contributed by atoms with Crippen LogP contribution in [0.4, 0.5) is 5.69 Å². The summed E-state index contributed by atoms with van der Waals surface area (Å²) in [7, 11) is 1.63. The quantitative estimate of drug-likeness (QED) is 0.603. The molecule has 0 radical (unpaired) electrons. The van der Waals surface area contributed by atoms with Crippen molar-refractivity contribution in [1.29, 1.82) is 0 Å². The van der Waals surface area contributed by atoms with Crippen LogP contribution in [0.3, 0.4) is 0 Å². The zero-order chi connectivity index (χ0) is 18.7. The summed E-state index contributed by atoms with van der Waals surface area (Å²) in [4.78, 5) is 14.9. The van der Waals surface area contributed by atoms with Gasteiger partial charge in [0.2, 0.25) is 0 Å². The molecule has 26 heavy (non-hydrogen) atoms. The molecule has 0 spiro atoms. The van der Waals surface area contributed by atoms with Crippen molar-refractivity contribution in [3.05, 3.63) is 64.1 Å². The van der Waals surface area contributed by atoms with Gasteiger partial charge in [-0.2, -0.15) is 0 Å². The second kappa shape index (κ2) is 7.93. The first kappa shape index (κ1) is 18.5. The van der Waals surface area contributed by atoms with Crippen LogP contribution >= 0.6 is 24.0 Å². The Morgan fingerprint density at radius 3 is 2.62 bits per heavy atom. The number of amides is 1. The van der Waals surface area contributed by atoms with Gasteiger partial charge in [-0.25, -0.2) is 0 Å². The van der Waals surface area contributed by atoms with Crippen LogP contribution in [0.5, 0.6) is 5.75 Å². The summed E-state index contributed by atoms with van der Waals surface area (Å²) in [6, 6.07) is 13.8. The normalized spacial score (nSPS) is 15.7. The largest absolute Gasteiger partial charge is 0.497 e. The van der Waals surface area contributed by atoms with E-state index in [9.17, 15) is 4.79 Å². The van der Waals surface area contributed by atoms with E-state index in [-0.39, 0.29) is 5.91 Å². The molecule has 6 heteroatoms. The molecule has 1 fully saturated rings. The fourth-order valence-corrected chi connectivity index (χ4v) is 3.83. The lowest BCUT2D eigenvalue weighted by Crippen LogP contribution is -2.33. The number of ether oxygens (including phenoxy) is 1. The van der Waals surface area contributed by atoms with Gasteiger partial charge in [0, 0.05) is 5.69 Å². The van der Waals surface area contributed by atoms with Gasteiger partial charge in [0.05, 0.1) is 18.7 Å². The van der Waals surface area contributed by atoms with E-state index in [4.69, 9.17) is 17.0 Å². The lowest BCUT2D eigenvalue weighted by atomic mass is 10.1. The Bertz CT molecular complexity index is 876. The molecule has 1 aliphatic rings. The molecule has 0 unspecified atom stereocenters. The minimum atomic E-state index is -0.0753. The Morgan fingerprint density at radius 2 is 1.92 bits per heavy atom. The summed E-state index contributed by atoms with van der Waals surface area (Å²) in [5.74, 6) is 0.709. The van der Waals surface area contributed by atoms with Crippen molar-refractivity contribution in [2.24, 2.45) is 0 Å². The van der Waals surface area contributed by atoms with Gasteiger partial charge in [0.1, 0.15) is 10.1 Å². The zero-order valence-corrected chi connectivity index (χ0v) is 16.5. The predicted octanol–water partition coefficient (Wildman–Crippen LogP) is 4.58. The molecule has 1 aliphatic heterocycles. The Balaban J connectivity index is 1.72. The first-order chi connectivity index (χ1) is 12.5. The van der Waals surface area contributed by atoms with Crippen molar-refractivity contribution in [3.63, 3.8) is 0 Å². The van der Waals surface area contributed by atoms with Crippen molar-refractivity contribution < 1.29 is 9.53 Å². The molecule has 1 amide bonds. The number of hydrogen-bond donors (Lipinski definition) is 1. The molecular formula is C20H20N2O2S2. The average molecular weight is 385 g/mol. The molecule has 0 aliphatic carbocycles. The molecule has 3 rings (SSSR count).